The molecule has 5 N–H and O–H groups in total. The highest BCUT2D eigenvalue weighted by molar-refractivity contribution is 7.47. The fraction of sp³-hybridized carbons (Fsp3) is 0.750. The molecule has 4 unspecified atom stereocenters. The molecule has 330 valence electrons. The number of aliphatic hydroxyl groups excluding tert-OH is 1. The molecule has 0 fully saturated rings. The average molecular weight is 828 g/mol. The number of carbonyl (C=O) groups excluding carboxylic acids is 2. The second kappa shape index (κ2) is 38.9. The third kappa shape index (κ3) is 38.7. The molecule has 0 aromatic heterocycles. The lowest BCUT2D eigenvalue weighted by atomic mass is 10.0. The zero-order valence-corrected chi connectivity index (χ0v) is 36.2. The summed E-state index contributed by atoms with van der Waals surface area (Å²) in [6.07, 6.45) is 39.2. The Balaban J connectivity index is 4.56. The van der Waals surface area contributed by atoms with Crippen molar-refractivity contribution in [2.45, 2.75) is 193 Å². The number of esters is 2. The van der Waals surface area contributed by atoms with Crippen LogP contribution in [-0.4, -0.2) is 71.1 Å². The van der Waals surface area contributed by atoms with Crippen molar-refractivity contribution in [3.05, 3.63) is 48.6 Å². The number of carbonyl (C=O) groups is 3. The van der Waals surface area contributed by atoms with E-state index < -0.39 is 63.8 Å². The van der Waals surface area contributed by atoms with Crippen LogP contribution in [0.2, 0.25) is 0 Å². The lowest BCUT2D eigenvalue weighted by Crippen LogP contribution is -2.34. The van der Waals surface area contributed by atoms with E-state index in [1.165, 1.54) is 89.9 Å². The predicted octanol–water partition coefficient (Wildman–Crippen LogP) is 10.4. The van der Waals surface area contributed by atoms with E-state index in [1.807, 2.05) is 12.2 Å². The van der Waals surface area contributed by atoms with Crippen LogP contribution < -0.4 is 5.73 Å². The highest BCUT2D eigenvalue weighted by atomic mass is 31.2. The molecule has 0 bridgehead atoms. The molecule has 0 aromatic carbocycles. The number of allylic oxidation sites excluding steroid dienone is 7. The number of aliphatic hydroxyl groups is 1. The van der Waals surface area contributed by atoms with Gasteiger partial charge in [-0.05, 0) is 44.9 Å². The Morgan fingerprint density at radius 3 is 1.74 bits per heavy atom. The molecule has 0 rings (SSSR count). The predicted molar refractivity (Wildman–Crippen MR) is 228 cm³/mol. The van der Waals surface area contributed by atoms with Gasteiger partial charge in [-0.2, -0.15) is 0 Å². The minimum atomic E-state index is -4.77. The van der Waals surface area contributed by atoms with Crippen LogP contribution in [-0.2, 0) is 37.5 Å². The summed E-state index contributed by atoms with van der Waals surface area (Å²) in [5, 5.41) is 19.2. The molecular formula is C44H78NO11P. The van der Waals surface area contributed by atoms with Crippen LogP contribution >= 0.6 is 7.82 Å². The smallest absolute Gasteiger partial charge is 0.472 e. The average Bonchev–Trinajstić information content (AvgIpc) is 3.18. The first-order chi connectivity index (χ1) is 27.5. The van der Waals surface area contributed by atoms with Gasteiger partial charge in [0.15, 0.2) is 6.10 Å². The molecule has 0 saturated carbocycles. The third-order valence-corrected chi connectivity index (χ3v) is 10.1. The standard InChI is InChI=1S/C44H78NO11P/c1-3-5-7-9-11-13-15-17-18-20-22-24-26-28-30-34-42(47)53-36-40(37-54-57(51,52)55-38-41(45)44(49)50)56-43(48)35-31-33-39(46)32-29-27-25-23-21-19-16-14-12-10-8-6-4-2/h12,14,19,21,25,27,29,32,39-41,46H,3-11,13,15-18,20,22-24,26,28,30-31,33-38,45H2,1-2H3,(H,49,50)(H,51,52)/b14-12+,21-19+,27-25+,32-29+. The molecule has 0 heterocycles. The Labute approximate surface area is 344 Å². The maximum absolute atomic E-state index is 12.6. The number of hydrogen-bond donors (Lipinski definition) is 4. The number of rotatable bonds is 40. The molecule has 0 aliphatic carbocycles. The van der Waals surface area contributed by atoms with Gasteiger partial charge in [0.1, 0.15) is 12.6 Å². The van der Waals surface area contributed by atoms with Gasteiger partial charge in [0.05, 0.1) is 19.3 Å². The Morgan fingerprint density at radius 2 is 1.14 bits per heavy atom. The second-order valence-electron chi connectivity index (χ2n) is 14.7. The molecule has 0 saturated heterocycles. The Bertz CT molecular complexity index is 1170. The van der Waals surface area contributed by atoms with E-state index in [0.717, 1.165) is 38.5 Å². The molecule has 57 heavy (non-hydrogen) atoms. The Morgan fingerprint density at radius 1 is 0.632 bits per heavy atom. The second-order valence-corrected chi connectivity index (χ2v) is 16.1. The summed E-state index contributed by atoms with van der Waals surface area (Å²) in [4.78, 5) is 46.0. The minimum Gasteiger partial charge on any atom is -0.480 e. The highest BCUT2D eigenvalue weighted by Crippen LogP contribution is 2.43. The van der Waals surface area contributed by atoms with Crippen molar-refractivity contribution in [2.75, 3.05) is 19.8 Å². The fourth-order valence-corrected chi connectivity index (χ4v) is 6.48. The number of ether oxygens (including phenoxy) is 2. The molecule has 0 amide bonds. The van der Waals surface area contributed by atoms with Crippen molar-refractivity contribution in [3.8, 4) is 0 Å². The number of carboxylic acid groups (broad SMARTS) is 1. The summed E-state index contributed by atoms with van der Waals surface area (Å²) in [6, 6.07) is -1.55. The number of phosphoric ester groups is 1. The van der Waals surface area contributed by atoms with Crippen LogP contribution in [0.15, 0.2) is 48.6 Å². The zero-order valence-electron chi connectivity index (χ0n) is 35.3. The maximum atomic E-state index is 12.6. The molecular weight excluding hydrogens is 749 g/mol. The minimum absolute atomic E-state index is 0.0666. The van der Waals surface area contributed by atoms with Crippen molar-refractivity contribution in [1.29, 1.82) is 0 Å². The van der Waals surface area contributed by atoms with Gasteiger partial charge in [0.25, 0.3) is 0 Å². The van der Waals surface area contributed by atoms with Gasteiger partial charge in [0.2, 0.25) is 0 Å². The van der Waals surface area contributed by atoms with Crippen molar-refractivity contribution in [1.82, 2.24) is 0 Å². The van der Waals surface area contributed by atoms with Crippen LogP contribution in [0.25, 0.3) is 0 Å². The van der Waals surface area contributed by atoms with E-state index in [1.54, 1.807) is 12.2 Å². The quantitative estimate of drug-likeness (QED) is 0.0150. The van der Waals surface area contributed by atoms with Crippen LogP contribution in [0.4, 0.5) is 0 Å². The van der Waals surface area contributed by atoms with Crippen molar-refractivity contribution in [2.24, 2.45) is 5.73 Å². The summed E-state index contributed by atoms with van der Waals surface area (Å²) in [7, 11) is -4.77. The van der Waals surface area contributed by atoms with Gasteiger partial charge in [-0.25, -0.2) is 4.57 Å². The van der Waals surface area contributed by atoms with E-state index in [0.29, 0.717) is 19.3 Å². The number of unbranched alkanes of at least 4 members (excludes halogenated alkanes) is 17. The molecule has 0 aromatic rings. The number of carboxylic acids is 1. The monoisotopic (exact) mass is 828 g/mol. The van der Waals surface area contributed by atoms with E-state index in [-0.39, 0.29) is 12.8 Å². The Kier molecular flexibility index (Phi) is 37.1. The topological polar surface area (TPSA) is 192 Å². The van der Waals surface area contributed by atoms with E-state index in [4.69, 9.17) is 24.8 Å². The van der Waals surface area contributed by atoms with E-state index >= 15 is 0 Å². The molecule has 0 spiro atoms. The number of nitrogens with two attached hydrogens (primary N) is 1. The molecule has 0 aliphatic heterocycles. The first kappa shape index (κ1) is 54.4. The van der Waals surface area contributed by atoms with E-state index in [9.17, 15) is 28.9 Å². The van der Waals surface area contributed by atoms with Crippen LogP contribution in [0.1, 0.15) is 174 Å². The molecule has 0 aliphatic rings. The number of phosphoric acid groups is 1. The molecule has 0 radical (unpaired) electrons. The lowest BCUT2D eigenvalue weighted by Gasteiger charge is -2.20. The third-order valence-electron chi connectivity index (χ3n) is 9.18. The van der Waals surface area contributed by atoms with Crippen LogP contribution in [0.3, 0.4) is 0 Å². The SMILES string of the molecule is CCCCC/C=C/C/C=C/C/C=C/C=C/C(O)CCCC(=O)OC(COC(=O)CCCCCCCCCCCCCCCCC)COP(=O)(O)OCC(N)C(=O)O. The Hall–Kier alpha value is -2.60. The van der Waals surface area contributed by atoms with Crippen molar-refractivity contribution >= 4 is 25.7 Å². The normalized spacial score (nSPS) is 14.8. The fourth-order valence-electron chi connectivity index (χ4n) is 5.70. The van der Waals surface area contributed by atoms with Crippen LogP contribution in [0, 0.1) is 0 Å². The molecule has 13 heteroatoms. The van der Waals surface area contributed by atoms with Gasteiger partial charge in [-0.3, -0.25) is 23.4 Å². The summed E-state index contributed by atoms with van der Waals surface area (Å²) >= 11 is 0. The summed E-state index contributed by atoms with van der Waals surface area (Å²) in [5.74, 6) is -2.60. The first-order valence-electron chi connectivity index (χ1n) is 21.8. The number of hydrogen-bond acceptors (Lipinski definition) is 10. The van der Waals surface area contributed by atoms with Gasteiger partial charge in [0, 0.05) is 12.8 Å². The van der Waals surface area contributed by atoms with Gasteiger partial charge in [-0.15, -0.1) is 0 Å². The zero-order chi connectivity index (χ0) is 42.2. The summed E-state index contributed by atoms with van der Waals surface area (Å²) in [5.41, 5.74) is 5.32. The maximum Gasteiger partial charge on any atom is 0.472 e. The van der Waals surface area contributed by atoms with Gasteiger partial charge in [-0.1, -0.05) is 165 Å². The van der Waals surface area contributed by atoms with Crippen molar-refractivity contribution < 1.29 is 52.6 Å². The molecule has 12 nitrogen and oxygen atoms in total. The first-order valence-corrected chi connectivity index (χ1v) is 23.3. The van der Waals surface area contributed by atoms with E-state index in [2.05, 4.69) is 42.7 Å². The summed E-state index contributed by atoms with van der Waals surface area (Å²) in [6.45, 7) is 2.58. The summed E-state index contributed by atoms with van der Waals surface area (Å²) < 4.78 is 32.5. The van der Waals surface area contributed by atoms with Gasteiger partial charge >= 0.3 is 25.7 Å². The molecule has 4 atom stereocenters. The van der Waals surface area contributed by atoms with Crippen molar-refractivity contribution in [3.63, 3.8) is 0 Å². The largest absolute Gasteiger partial charge is 0.480 e. The van der Waals surface area contributed by atoms with Gasteiger partial charge < -0.3 is 30.3 Å². The lowest BCUT2D eigenvalue weighted by molar-refractivity contribution is -0.161. The number of aliphatic carboxylic acids is 1. The highest BCUT2D eigenvalue weighted by Gasteiger charge is 2.28. The van der Waals surface area contributed by atoms with Crippen LogP contribution in [0.5, 0.6) is 0 Å².